The summed E-state index contributed by atoms with van der Waals surface area (Å²) in [5.41, 5.74) is 6.02. The van der Waals surface area contributed by atoms with Gasteiger partial charge < -0.3 is 113 Å². The lowest BCUT2D eigenvalue weighted by Crippen LogP contribution is -2.53. The molecule has 0 unspecified atom stereocenters. The van der Waals surface area contributed by atoms with Gasteiger partial charge in [0.1, 0.15) is 54.5 Å². The molecule has 21 N–H and O–H groups in total. The first-order valence-corrected chi connectivity index (χ1v) is 29.6. The maximum atomic E-state index is 14.4. The Morgan fingerprint density at radius 3 is 1.33 bits per heavy atom. The van der Waals surface area contributed by atoms with Crippen LogP contribution >= 0.6 is 12.6 Å². The van der Waals surface area contributed by atoms with Crippen molar-refractivity contribution in [1.29, 1.82) is 0 Å². The number of aliphatic carboxylic acids is 3. The number of carboxylic acid groups (broad SMARTS) is 3. The van der Waals surface area contributed by atoms with Gasteiger partial charge in [-0.1, -0.05) is 13.3 Å². The summed E-state index contributed by atoms with van der Waals surface area (Å²) >= 11 is 3.85. The van der Waals surface area contributed by atoms with E-state index in [0.29, 0.717) is 6.61 Å². The molecule has 522 valence electrons. The highest BCUT2D eigenvalue weighted by Crippen LogP contribution is 2.20. The van der Waals surface area contributed by atoms with Crippen LogP contribution in [0.2, 0.25) is 0 Å². The Hall–Kier alpha value is -6.55. The van der Waals surface area contributed by atoms with Crippen LogP contribution in [-0.4, -0.2) is 281 Å². The molecule has 0 heterocycles. The van der Waals surface area contributed by atoms with Gasteiger partial charge in [0.25, 0.3) is 0 Å². The third-order valence-electron chi connectivity index (χ3n) is 13.6. The zero-order chi connectivity index (χ0) is 69.9. The number of hydrogen-bond acceptors (Lipinski definition) is 28. The SMILES string of the molecule is CCCCOCCOCCC(=O)C[C@H](CCC(=O)O)C(=O)N[C@H](CCC(=O)NC[C@H](O)[C@@H](O)[C@H](O)[C@H](O)CO)C(=O)C[C@H](CCC(=O)O)C(=O)N[C@H](CCC(=O)NC[C@H](O)[C@@H](O)[C@H](O)[C@H](O)CO)C(=O)CC[C@H](N)C(=O)N[C@@H](C)C(=O)N[C@@H](CS)C(=O)O.O=C=O. The van der Waals surface area contributed by atoms with Gasteiger partial charge in [0, 0.05) is 88.7 Å². The van der Waals surface area contributed by atoms with E-state index in [1.165, 1.54) is 6.92 Å². The summed E-state index contributed by atoms with van der Waals surface area (Å²) in [5, 5.41) is 140. The van der Waals surface area contributed by atoms with Crippen LogP contribution in [-0.2, 0) is 76.6 Å². The van der Waals surface area contributed by atoms with E-state index in [0.717, 1.165) is 12.8 Å². The predicted molar refractivity (Wildman–Crippen MR) is 310 cm³/mol. The van der Waals surface area contributed by atoms with E-state index in [1.807, 2.05) is 6.92 Å². The van der Waals surface area contributed by atoms with Gasteiger partial charge in [-0.2, -0.15) is 22.2 Å². The van der Waals surface area contributed by atoms with Crippen molar-refractivity contribution in [2.24, 2.45) is 17.6 Å². The first-order valence-electron chi connectivity index (χ1n) is 28.9. The second kappa shape index (κ2) is 49.1. The monoisotopic (exact) mass is 1330 g/mol. The molecule has 0 aliphatic carbocycles. The molecule has 0 rings (SSSR count). The Balaban J connectivity index is 0. The zero-order valence-corrected chi connectivity index (χ0v) is 51.4. The van der Waals surface area contributed by atoms with Crippen molar-refractivity contribution < 1.29 is 143 Å². The first-order chi connectivity index (χ1) is 42.8. The Morgan fingerprint density at radius 2 is 0.912 bits per heavy atom. The van der Waals surface area contributed by atoms with Gasteiger partial charge in [-0.15, -0.1) is 0 Å². The minimum Gasteiger partial charge on any atom is -0.481 e. The molecule has 0 saturated carbocycles. The number of Topliss-reactive ketones (excluding diaryl/α,β-unsaturated/α-hetero) is 3. The van der Waals surface area contributed by atoms with Crippen LogP contribution < -0.4 is 37.6 Å². The van der Waals surface area contributed by atoms with Crippen molar-refractivity contribution in [3.8, 4) is 0 Å². The average Bonchev–Trinajstić information content (AvgIpc) is 1.90. The molecule has 0 saturated heterocycles. The average molecular weight is 1330 g/mol. The summed E-state index contributed by atoms with van der Waals surface area (Å²) in [4.78, 5) is 173. The third kappa shape index (κ3) is 38.2. The molecule has 0 fully saturated rings. The molecule has 0 aliphatic heterocycles. The number of aliphatic hydroxyl groups is 10. The molecule has 6 amide bonds. The summed E-state index contributed by atoms with van der Waals surface area (Å²) in [5.74, 6) is -16.5. The number of rotatable bonds is 52. The second-order valence-corrected chi connectivity index (χ2v) is 21.3. The molecular formula is C54H91N7O29S. The van der Waals surface area contributed by atoms with E-state index >= 15 is 0 Å². The second-order valence-electron chi connectivity index (χ2n) is 20.9. The van der Waals surface area contributed by atoms with Crippen molar-refractivity contribution in [3.05, 3.63) is 0 Å². The van der Waals surface area contributed by atoms with E-state index < -0.39 is 265 Å². The van der Waals surface area contributed by atoms with Crippen LogP contribution in [0.15, 0.2) is 0 Å². The predicted octanol–water partition coefficient (Wildman–Crippen LogP) is -8.18. The fraction of sp³-hybridized carbons (Fsp3) is 0.759. The highest BCUT2D eigenvalue weighted by molar-refractivity contribution is 7.80. The van der Waals surface area contributed by atoms with Crippen molar-refractivity contribution in [2.45, 2.75) is 189 Å². The van der Waals surface area contributed by atoms with Gasteiger partial charge in [-0.25, -0.2) is 4.79 Å². The maximum absolute atomic E-state index is 14.4. The van der Waals surface area contributed by atoms with E-state index in [9.17, 15) is 114 Å². The lowest BCUT2D eigenvalue weighted by atomic mass is 9.90. The number of carbonyl (C=O) groups is 12. The first kappa shape index (κ1) is 86.5. The van der Waals surface area contributed by atoms with Crippen molar-refractivity contribution >= 4 is 89.5 Å². The topological polar surface area (TPSA) is 619 Å². The number of unbranched alkanes of at least 4 members (excludes halogenated alkanes) is 1. The molecule has 37 heteroatoms. The lowest BCUT2D eigenvalue weighted by Gasteiger charge is -2.26. The van der Waals surface area contributed by atoms with E-state index in [1.54, 1.807) is 0 Å². The van der Waals surface area contributed by atoms with E-state index in [4.69, 9.17) is 35.0 Å². The molecule has 0 aromatic carbocycles. The number of aliphatic hydroxyl groups excluding tert-OH is 10. The van der Waals surface area contributed by atoms with Crippen molar-refractivity contribution in [3.63, 3.8) is 0 Å². The molecule has 0 bridgehead atoms. The van der Waals surface area contributed by atoms with E-state index in [-0.39, 0.29) is 38.1 Å². The molecule has 0 spiro atoms. The van der Waals surface area contributed by atoms with Crippen molar-refractivity contribution in [1.82, 2.24) is 31.9 Å². The molecule has 0 aliphatic rings. The number of carboxylic acids is 3. The van der Waals surface area contributed by atoms with Gasteiger partial charge in [-0.3, -0.25) is 52.7 Å². The number of amides is 6. The lowest BCUT2D eigenvalue weighted by molar-refractivity contribution is -0.192. The quantitative estimate of drug-likeness (QED) is 0.0199. The summed E-state index contributed by atoms with van der Waals surface area (Å²) in [6.45, 7) is 0.327. The van der Waals surface area contributed by atoms with Crippen LogP contribution in [0, 0.1) is 11.8 Å². The molecule has 15 atom stereocenters. The minimum atomic E-state index is -2.10. The highest BCUT2D eigenvalue weighted by Gasteiger charge is 2.36. The van der Waals surface area contributed by atoms with Gasteiger partial charge in [0.2, 0.25) is 35.4 Å². The third-order valence-corrected chi connectivity index (χ3v) is 14.0. The zero-order valence-electron chi connectivity index (χ0n) is 50.5. The standard InChI is InChI=1S/C53H91N7O27S.CO2/c1-3-4-16-86-18-19-87-17-15-30(63)20-28(5-13-43(72)73)50(81)59-33(9-12-42(71)56-23-38(67)46(77)48(79)40(69)25-62)36(65)21-29(6-14-44(74)75)51(82)58-32(8-11-41(70)55-22-37(66)45(76)47(78)39(68)24-61)35(64)10-7-31(54)52(83)57-27(2)49(80)60-34(26-88)53(84)85;2-1-3/h27-29,31-34,37-40,45-48,61-62,66-69,76-79,88H,3-26,54H2,1-2H3,(H,55,70)(H,56,71)(H,57,83)(H,58,82)(H,59,81)(H,60,80)(H,72,73)(H,74,75)(H,84,85);/t27-,28-,29-,31-,32+,33+,34-,37-,38-,39+,40+,45+,46+,47+,48+;/m0./s1. The Bertz CT molecular complexity index is 2320. The number of hydrogen-bond donors (Lipinski definition) is 21. The molecule has 91 heavy (non-hydrogen) atoms. The fourth-order valence-electron chi connectivity index (χ4n) is 7.97. The molecule has 0 aromatic rings. The van der Waals surface area contributed by atoms with Crippen LogP contribution in [0.3, 0.4) is 0 Å². The number of nitrogens with two attached hydrogens (primary N) is 1. The number of ketones is 3. The summed E-state index contributed by atoms with van der Waals surface area (Å²) < 4.78 is 10.8. The number of nitrogens with one attached hydrogen (secondary N) is 6. The normalized spacial score (nSPS) is 16.1. The Morgan fingerprint density at radius 1 is 0.495 bits per heavy atom. The fourth-order valence-corrected chi connectivity index (χ4v) is 8.22. The molecular weight excluding hydrogens is 1240 g/mol. The van der Waals surface area contributed by atoms with Gasteiger partial charge in [-0.05, 0) is 45.4 Å². The van der Waals surface area contributed by atoms with Gasteiger partial charge >= 0.3 is 24.1 Å². The van der Waals surface area contributed by atoms with Gasteiger partial charge in [0.15, 0.2) is 11.6 Å². The number of thiol groups is 1. The number of ether oxygens (including phenoxy) is 2. The van der Waals surface area contributed by atoms with Crippen LogP contribution in [0.1, 0.15) is 110 Å². The summed E-state index contributed by atoms with van der Waals surface area (Å²) in [6.07, 6.45) is -22.2. The van der Waals surface area contributed by atoms with Crippen LogP contribution in [0.5, 0.6) is 0 Å². The smallest absolute Gasteiger partial charge is 0.373 e. The summed E-state index contributed by atoms with van der Waals surface area (Å²) in [7, 11) is 0. The number of carbonyl (C=O) groups excluding carboxylic acids is 11. The minimum absolute atomic E-state index is 0.104. The molecule has 0 radical (unpaired) electrons. The Kier molecular flexibility index (Phi) is 46.7. The van der Waals surface area contributed by atoms with Crippen LogP contribution in [0.25, 0.3) is 0 Å². The van der Waals surface area contributed by atoms with Gasteiger partial charge in [0.05, 0.1) is 63.4 Å². The maximum Gasteiger partial charge on any atom is 0.373 e. The van der Waals surface area contributed by atoms with E-state index in [2.05, 4.69) is 44.5 Å². The van der Waals surface area contributed by atoms with Crippen LogP contribution in [0.4, 0.5) is 0 Å². The van der Waals surface area contributed by atoms with Crippen molar-refractivity contribution in [2.75, 3.05) is 58.5 Å². The largest absolute Gasteiger partial charge is 0.481 e. The highest BCUT2D eigenvalue weighted by atomic mass is 32.1. The Labute approximate surface area is 528 Å². The molecule has 0 aromatic heterocycles. The molecule has 36 nitrogen and oxygen atoms in total. The summed E-state index contributed by atoms with van der Waals surface area (Å²) in [6, 6.07) is -7.90.